The first-order valence-electron chi connectivity index (χ1n) is 9.50. The van der Waals surface area contributed by atoms with E-state index >= 15 is 0 Å². The standard InChI is InChI=1S/C19H24F3N3O/c1-11-24-15-6-3-12(9-14(15)16(25-11)19(20,21)22)17(26)23-10-18(7-2-8-18)13-4-5-13/h12-13H,2-10H2,1H3,(H,23,26). The molecule has 1 unspecified atom stereocenters. The summed E-state index contributed by atoms with van der Waals surface area (Å²) in [5, 5.41) is 3.06. The van der Waals surface area contributed by atoms with Gasteiger partial charge >= 0.3 is 6.18 Å². The smallest absolute Gasteiger partial charge is 0.355 e. The molecule has 0 radical (unpaired) electrons. The van der Waals surface area contributed by atoms with E-state index in [4.69, 9.17) is 0 Å². The first-order valence-corrected chi connectivity index (χ1v) is 9.50. The molecule has 1 atom stereocenters. The minimum Gasteiger partial charge on any atom is -0.355 e. The topological polar surface area (TPSA) is 54.9 Å². The van der Waals surface area contributed by atoms with Crippen LogP contribution in [0.2, 0.25) is 0 Å². The number of hydrogen-bond donors (Lipinski definition) is 1. The number of hydrogen-bond acceptors (Lipinski definition) is 3. The van der Waals surface area contributed by atoms with Gasteiger partial charge in [0.1, 0.15) is 5.82 Å². The summed E-state index contributed by atoms with van der Waals surface area (Å²) in [5.74, 6) is 0.328. The minimum absolute atomic E-state index is 0.0761. The van der Waals surface area contributed by atoms with Gasteiger partial charge in [0.05, 0.1) is 0 Å². The Morgan fingerprint density at radius 1 is 1.23 bits per heavy atom. The number of amides is 1. The van der Waals surface area contributed by atoms with Crippen molar-refractivity contribution in [2.45, 2.75) is 64.5 Å². The largest absolute Gasteiger partial charge is 0.433 e. The molecule has 1 amide bonds. The van der Waals surface area contributed by atoms with Crippen LogP contribution in [0.4, 0.5) is 13.2 Å². The molecule has 0 saturated heterocycles. The fourth-order valence-electron chi connectivity index (χ4n) is 4.66. The molecule has 0 aliphatic heterocycles. The first-order chi connectivity index (χ1) is 12.3. The number of carbonyl (C=O) groups excluding carboxylic acids is 1. The fraction of sp³-hybridized carbons (Fsp3) is 0.737. The lowest BCUT2D eigenvalue weighted by Gasteiger charge is -2.43. The lowest BCUT2D eigenvalue weighted by Crippen LogP contribution is -2.46. The number of aromatic nitrogens is 2. The summed E-state index contributed by atoms with van der Waals surface area (Å²) >= 11 is 0. The Hall–Kier alpha value is -1.66. The van der Waals surface area contributed by atoms with Gasteiger partial charge < -0.3 is 5.32 Å². The van der Waals surface area contributed by atoms with Crippen molar-refractivity contribution in [2.24, 2.45) is 17.3 Å². The van der Waals surface area contributed by atoms with E-state index in [1.165, 1.54) is 26.2 Å². The van der Waals surface area contributed by atoms with Crippen molar-refractivity contribution in [3.8, 4) is 0 Å². The van der Waals surface area contributed by atoms with Crippen LogP contribution < -0.4 is 5.32 Å². The van der Waals surface area contributed by atoms with Crippen LogP contribution in [0.1, 0.15) is 61.3 Å². The zero-order valence-corrected chi connectivity index (χ0v) is 15.0. The van der Waals surface area contributed by atoms with Crippen molar-refractivity contribution in [2.75, 3.05) is 6.54 Å². The first kappa shape index (κ1) is 17.7. The summed E-state index contributed by atoms with van der Waals surface area (Å²) in [6.45, 7) is 2.15. The maximum absolute atomic E-state index is 13.3. The van der Waals surface area contributed by atoms with E-state index in [1.54, 1.807) is 0 Å². The second-order valence-corrected chi connectivity index (χ2v) is 8.19. The highest BCUT2D eigenvalue weighted by molar-refractivity contribution is 5.79. The number of fused-ring (bicyclic) bond motifs is 1. The van der Waals surface area contributed by atoms with Crippen molar-refractivity contribution in [1.82, 2.24) is 15.3 Å². The lowest BCUT2D eigenvalue weighted by atomic mass is 9.65. The average molecular weight is 367 g/mol. The molecule has 26 heavy (non-hydrogen) atoms. The van der Waals surface area contributed by atoms with Crippen LogP contribution in [0.15, 0.2) is 0 Å². The molecule has 0 aromatic carbocycles. The monoisotopic (exact) mass is 367 g/mol. The van der Waals surface area contributed by atoms with Crippen molar-refractivity contribution in [3.05, 3.63) is 22.8 Å². The number of alkyl halides is 3. The van der Waals surface area contributed by atoms with E-state index in [2.05, 4.69) is 15.3 Å². The molecule has 1 N–H and O–H groups in total. The van der Waals surface area contributed by atoms with Gasteiger partial charge in [0, 0.05) is 23.7 Å². The Morgan fingerprint density at radius 3 is 2.54 bits per heavy atom. The second-order valence-electron chi connectivity index (χ2n) is 8.19. The van der Waals surface area contributed by atoms with Crippen LogP contribution in [0, 0.1) is 24.2 Å². The Morgan fingerprint density at radius 2 is 1.96 bits per heavy atom. The Bertz CT molecular complexity index is 723. The normalized spacial score (nSPS) is 24.5. The Labute approximate surface area is 151 Å². The number of carbonyl (C=O) groups is 1. The van der Waals surface area contributed by atoms with Crippen LogP contribution in [0.5, 0.6) is 0 Å². The fourth-order valence-corrected chi connectivity index (χ4v) is 4.66. The zero-order valence-electron chi connectivity index (χ0n) is 15.0. The summed E-state index contributed by atoms with van der Waals surface area (Å²) < 4.78 is 40.0. The summed E-state index contributed by atoms with van der Waals surface area (Å²) in [6.07, 6.45) is 2.54. The molecule has 0 bridgehead atoms. The van der Waals surface area contributed by atoms with Gasteiger partial charge in [-0.05, 0) is 63.2 Å². The van der Waals surface area contributed by atoms with Crippen LogP contribution in [-0.4, -0.2) is 22.4 Å². The van der Waals surface area contributed by atoms with Crippen molar-refractivity contribution in [1.29, 1.82) is 0 Å². The predicted octanol–water partition coefficient (Wildman–Crippen LogP) is 3.61. The highest BCUT2D eigenvalue weighted by atomic mass is 19.4. The molecule has 1 heterocycles. The molecule has 4 nitrogen and oxygen atoms in total. The number of nitrogens with zero attached hydrogens (tertiary/aromatic N) is 2. The molecule has 2 saturated carbocycles. The number of halogens is 3. The van der Waals surface area contributed by atoms with Gasteiger partial charge in [0.2, 0.25) is 5.91 Å². The molecule has 3 aliphatic rings. The van der Waals surface area contributed by atoms with Gasteiger partial charge in [-0.25, -0.2) is 9.97 Å². The quantitative estimate of drug-likeness (QED) is 0.885. The summed E-state index contributed by atoms with van der Waals surface area (Å²) in [7, 11) is 0. The SMILES string of the molecule is Cc1nc2c(c(C(F)(F)F)n1)CC(C(=O)NCC1(C3CC3)CCC1)CC2. The van der Waals surface area contributed by atoms with Crippen molar-refractivity contribution >= 4 is 5.91 Å². The molecule has 7 heteroatoms. The van der Waals surface area contributed by atoms with Gasteiger partial charge in [0.25, 0.3) is 0 Å². The van der Waals surface area contributed by atoms with Gasteiger partial charge in [0.15, 0.2) is 5.69 Å². The van der Waals surface area contributed by atoms with E-state index in [0.717, 1.165) is 18.8 Å². The van der Waals surface area contributed by atoms with Crippen molar-refractivity contribution in [3.63, 3.8) is 0 Å². The molecular weight excluding hydrogens is 343 g/mol. The number of aryl methyl sites for hydroxylation is 2. The molecule has 142 valence electrons. The van der Waals surface area contributed by atoms with Crippen LogP contribution in [0.3, 0.4) is 0 Å². The van der Waals surface area contributed by atoms with E-state index in [0.29, 0.717) is 25.1 Å². The van der Waals surface area contributed by atoms with Crippen LogP contribution in [0.25, 0.3) is 0 Å². The van der Waals surface area contributed by atoms with E-state index in [9.17, 15) is 18.0 Å². The predicted molar refractivity (Wildman–Crippen MR) is 89.3 cm³/mol. The molecule has 3 aliphatic carbocycles. The van der Waals surface area contributed by atoms with Crippen LogP contribution in [-0.2, 0) is 23.8 Å². The molecular formula is C19H24F3N3O. The summed E-state index contributed by atoms with van der Waals surface area (Å²) in [6, 6.07) is 0. The number of rotatable bonds is 4. The molecule has 2 fully saturated rings. The third-order valence-corrected chi connectivity index (χ3v) is 6.43. The van der Waals surface area contributed by atoms with Crippen molar-refractivity contribution < 1.29 is 18.0 Å². The minimum atomic E-state index is -4.52. The molecule has 1 aromatic rings. The maximum atomic E-state index is 13.3. The number of nitrogens with one attached hydrogen (secondary N) is 1. The molecule has 1 aromatic heterocycles. The summed E-state index contributed by atoms with van der Waals surface area (Å²) in [5.41, 5.74) is -0.0529. The van der Waals surface area contributed by atoms with Gasteiger partial charge in [-0.2, -0.15) is 13.2 Å². The molecule has 0 spiro atoms. The maximum Gasteiger partial charge on any atom is 0.433 e. The summed E-state index contributed by atoms with van der Waals surface area (Å²) in [4.78, 5) is 20.4. The Balaban J connectivity index is 1.46. The average Bonchev–Trinajstić information content (AvgIpc) is 3.36. The third-order valence-electron chi connectivity index (χ3n) is 6.43. The van der Waals surface area contributed by atoms with Crippen LogP contribution >= 0.6 is 0 Å². The highest BCUT2D eigenvalue weighted by Gasteiger charge is 2.49. The van der Waals surface area contributed by atoms with Gasteiger partial charge in [-0.15, -0.1) is 0 Å². The highest BCUT2D eigenvalue weighted by Crippen LogP contribution is 2.56. The van der Waals surface area contributed by atoms with Gasteiger partial charge in [-0.3, -0.25) is 4.79 Å². The zero-order chi connectivity index (χ0) is 18.5. The second kappa shape index (κ2) is 6.20. The third kappa shape index (κ3) is 3.21. The lowest BCUT2D eigenvalue weighted by molar-refractivity contribution is -0.142. The van der Waals surface area contributed by atoms with E-state index in [-0.39, 0.29) is 29.1 Å². The van der Waals surface area contributed by atoms with Gasteiger partial charge in [-0.1, -0.05) is 6.42 Å². The van der Waals surface area contributed by atoms with E-state index < -0.39 is 17.8 Å². The Kier molecular flexibility index (Phi) is 4.23. The molecule has 4 rings (SSSR count). The van der Waals surface area contributed by atoms with E-state index in [1.807, 2.05) is 0 Å².